The van der Waals surface area contributed by atoms with Crippen molar-refractivity contribution in [1.29, 1.82) is 0 Å². The van der Waals surface area contributed by atoms with Gasteiger partial charge in [0.05, 0.1) is 12.3 Å². The average molecular weight is 267 g/mol. The monoisotopic (exact) mass is 266 g/mol. The highest BCUT2D eigenvalue weighted by atomic mass is 35.5. The number of allylic oxidation sites excluding steroid dienone is 1. The Bertz CT molecular complexity index is 470. The third-order valence-electron chi connectivity index (χ3n) is 2.03. The first-order valence-electron chi connectivity index (χ1n) is 5.57. The van der Waals surface area contributed by atoms with Gasteiger partial charge in [0.15, 0.2) is 0 Å². The minimum absolute atomic E-state index is 0.230. The van der Waals surface area contributed by atoms with Crippen LogP contribution in [-0.2, 0) is 9.53 Å². The number of hydrogen-bond acceptors (Lipinski definition) is 4. The lowest BCUT2D eigenvalue weighted by Crippen LogP contribution is -2.13. The number of halogens is 1. The first kappa shape index (κ1) is 14.3. The lowest BCUT2D eigenvalue weighted by atomic mass is 10.2. The smallest absolute Gasteiger partial charge is 0.370 e. The van der Waals surface area contributed by atoms with E-state index in [2.05, 4.69) is 10.5 Å². The maximum Gasteiger partial charge on any atom is 0.370 e. The van der Waals surface area contributed by atoms with E-state index in [1.807, 2.05) is 43.3 Å². The van der Waals surface area contributed by atoms with Crippen molar-refractivity contribution in [3.8, 4) is 0 Å². The number of hydrogen-bond donors (Lipinski definition) is 1. The second kappa shape index (κ2) is 7.50. The first-order chi connectivity index (χ1) is 8.69. The summed E-state index contributed by atoms with van der Waals surface area (Å²) in [6.45, 7) is 3.89. The third kappa shape index (κ3) is 4.22. The van der Waals surface area contributed by atoms with Crippen LogP contribution in [0.25, 0.3) is 6.08 Å². The van der Waals surface area contributed by atoms with Crippen molar-refractivity contribution in [3.05, 3.63) is 35.9 Å². The largest absolute Gasteiger partial charge is 0.461 e. The highest BCUT2D eigenvalue weighted by Gasteiger charge is 2.09. The number of esters is 1. The van der Waals surface area contributed by atoms with E-state index < -0.39 is 5.97 Å². The van der Waals surface area contributed by atoms with E-state index in [1.54, 1.807) is 6.92 Å². The molecule has 1 aromatic carbocycles. The summed E-state index contributed by atoms with van der Waals surface area (Å²) in [5, 5.41) is 3.55. The van der Waals surface area contributed by atoms with Crippen LogP contribution in [0.2, 0.25) is 0 Å². The number of carbonyl (C=O) groups excluding carboxylic acids is 1. The van der Waals surface area contributed by atoms with Crippen LogP contribution < -0.4 is 5.43 Å². The zero-order valence-corrected chi connectivity index (χ0v) is 11.1. The molecule has 0 aliphatic carbocycles. The fraction of sp³-hybridized carbons (Fsp3) is 0.231. The van der Waals surface area contributed by atoms with Gasteiger partial charge in [-0.3, -0.25) is 5.43 Å². The average Bonchev–Trinajstić information content (AvgIpc) is 2.38. The summed E-state index contributed by atoms with van der Waals surface area (Å²) in [6, 6.07) is 7.55. The van der Waals surface area contributed by atoms with Gasteiger partial charge >= 0.3 is 5.97 Å². The first-order valence-corrected chi connectivity index (χ1v) is 5.94. The summed E-state index contributed by atoms with van der Waals surface area (Å²) in [4.78, 5) is 11.2. The number of nitrogens with one attached hydrogen (secondary N) is 1. The van der Waals surface area contributed by atoms with Gasteiger partial charge in [0.25, 0.3) is 0 Å². The highest BCUT2D eigenvalue weighted by molar-refractivity contribution is 6.82. The second-order valence-electron chi connectivity index (χ2n) is 3.32. The molecule has 18 heavy (non-hydrogen) atoms. The summed E-state index contributed by atoms with van der Waals surface area (Å²) >= 11 is 5.68. The Kier molecular flexibility index (Phi) is 5.94. The van der Waals surface area contributed by atoms with Crippen LogP contribution in [0.5, 0.6) is 0 Å². The zero-order chi connectivity index (χ0) is 13.4. The van der Waals surface area contributed by atoms with E-state index in [0.29, 0.717) is 0 Å². The Morgan fingerprint density at radius 3 is 2.89 bits per heavy atom. The number of ether oxygens (including phenoxy) is 1. The number of hydrazone groups is 1. The van der Waals surface area contributed by atoms with Crippen LogP contribution >= 0.6 is 11.6 Å². The standard InChI is InChI=1S/C13H15ClN2O2/c1-3-7-10-8-5-6-9-11(10)15-16-12(14)13(17)18-4-2/h3,5-9,15H,4H2,1-2H3/b7-3+,16-12+. The van der Waals surface area contributed by atoms with Crippen LogP contribution in [0.1, 0.15) is 19.4 Å². The van der Waals surface area contributed by atoms with Crippen molar-refractivity contribution >= 4 is 34.5 Å². The van der Waals surface area contributed by atoms with Gasteiger partial charge in [0, 0.05) is 0 Å². The topological polar surface area (TPSA) is 50.7 Å². The molecule has 4 nitrogen and oxygen atoms in total. The summed E-state index contributed by atoms with van der Waals surface area (Å²) in [5.74, 6) is -0.643. The van der Waals surface area contributed by atoms with Gasteiger partial charge in [0.2, 0.25) is 5.17 Å². The molecule has 0 saturated carbocycles. The number of benzene rings is 1. The highest BCUT2D eigenvalue weighted by Crippen LogP contribution is 2.16. The Balaban J connectivity index is 2.79. The molecule has 0 amide bonds. The van der Waals surface area contributed by atoms with Gasteiger partial charge in [-0.05, 0) is 25.5 Å². The molecule has 5 heteroatoms. The fourth-order valence-electron chi connectivity index (χ4n) is 1.27. The number of para-hydroxylation sites is 1. The van der Waals surface area contributed by atoms with Gasteiger partial charge in [-0.1, -0.05) is 42.0 Å². The maximum absolute atomic E-state index is 11.2. The van der Waals surface area contributed by atoms with Crippen LogP contribution in [0.3, 0.4) is 0 Å². The number of anilines is 1. The predicted molar refractivity (Wildman–Crippen MR) is 74.7 cm³/mol. The molecule has 1 N–H and O–H groups in total. The van der Waals surface area contributed by atoms with Crippen LogP contribution in [0, 0.1) is 0 Å². The molecule has 0 unspecified atom stereocenters. The van der Waals surface area contributed by atoms with Crippen LogP contribution in [0.4, 0.5) is 5.69 Å². The number of rotatable bonds is 5. The summed E-state index contributed by atoms with van der Waals surface area (Å²) in [6.07, 6.45) is 3.84. The molecule has 0 radical (unpaired) electrons. The summed E-state index contributed by atoms with van der Waals surface area (Å²) in [7, 11) is 0. The van der Waals surface area contributed by atoms with Crippen molar-refractivity contribution in [2.75, 3.05) is 12.0 Å². The maximum atomic E-state index is 11.2. The molecule has 0 spiro atoms. The van der Waals surface area contributed by atoms with E-state index in [-0.39, 0.29) is 11.8 Å². The van der Waals surface area contributed by atoms with Crippen molar-refractivity contribution in [3.63, 3.8) is 0 Å². The Labute approximate surface area is 111 Å². The summed E-state index contributed by atoms with van der Waals surface area (Å²) in [5.41, 5.74) is 4.46. The zero-order valence-electron chi connectivity index (χ0n) is 10.3. The molecule has 0 bridgehead atoms. The van der Waals surface area contributed by atoms with Crippen molar-refractivity contribution in [2.45, 2.75) is 13.8 Å². The predicted octanol–water partition coefficient (Wildman–Crippen LogP) is 3.25. The summed E-state index contributed by atoms with van der Waals surface area (Å²) < 4.78 is 4.71. The Morgan fingerprint density at radius 1 is 1.50 bits per heavy atom. The van der Waals surface area contributed by atoms with Gasteiger partial charge in [-0.25, -0.2) is 4.79 Å². The molecule has 0 aliphatic heterocycles. The molecule has 0 atom stereocenters. The SMILES string of the molecule is C/C=C/c1ccccc1N/N=C(/Cl)C(=O)OCC. The Morgan fingerprint density at radius 2 is 2.22 bits per heavy atom. The molecular weight excluding hydrogens is 252 g/mol. The van der Waals surface area contributed by atoms with E-state index in [1.165, 1.54) is 0 Å². The van der Waals surface area contributed by atoms with Crippen LogP contribution in [-0.4, -0.2) is 17.7 Å². The number of nitrogens with zero attached hydrogens (tertiary/aromatic N) is 1. The van der Waals surface area contributed by atoms with E-state index >= 15 is 0 Å². The molecule has 0 aliphatic rings. The molecular formula is C13H15ClN2O2. The van der Waals surface area contributed by atoms with Gasteiger partial charge in [0.1, 0.15) is 0 Å². The van der Waals surface area contributed by atoms with E-state index in [4.69, 9.17) is 16.3 Å². The lowest BCUT2D eigenvalue weighted by molar-refractivity contribution is -0.134. The minimum atomic E-state index is -0.643. The van der Waals surface area contributed by atoms with E-state index in [0.717, 1.165) is 11.3 Å². The molecule has 0 fully saturated rings. The fourth-order valence-corrected chi connectivity index (χ4v) is 1.37. The molecule has 1 rings (SSSR count). The normalized spacial score (nSPS) is 11.6. The third-order valence-corrected chi connectivity index (χ3v) is 2.26. The molecule has 0 aromatic heterocycles. The van der Waals surface area contributed by atoms with E-state index in [9.17, 15) is 4.79 Å². The van der Waals surface area contributed by atoms with Crippen molar-refractivity contribution < 1.29 is 9.53 Å². The van der Waals surface area contributed by atoms with Crippen molar-refractivity contribution in [1.82, 2.24) is 0 Å². The van der Waals surface area contributed by atoms with Crippen LogP contribution in [0.15, 0.2) is 35.4 Å². The van der Waals surface area contributed by atoms with Gasteiger partial charge in [-0.15, -0.1) is 0 Å². The molecule has 96 valence electrons. The lowest BCUT2D eigenvalue weighted by Gasteiger charge is -2.05. The number of carbonyl (C=O) groups is 1. The molecule has 0 saturated heterocycles. The molecule has 1 aromatic rings. The minimum Gasteiger partial charge on any atom is -0.461 e. The van der Waals surface area contributed by atoms with Gasteiger partial charge in [-0.2, -0.15) is 5.10 Å². The quantitative estimate of drug-likeness (QED) is 0.506. The Hall–Kier alpha value is -1.81. The van der Waals surface area contributed by atoms with Crippen molar-refractivity contribution in [2.24, 2.45) is 5.10 Å². The molecule has 0 heterocycles. The second-order valence-corrected chi connectivity index (χ2v) is 3.68. The van der Waals surface area contributed by atoms with Gasteiger partial charge < -0.3 is 4.74 Å².